The molecular formula is C20H26N4O2. The lowest BCUT2D eigenvalue weighted by atomic mass is 10.1. The van der Waals surface area contributed by atoms with Crippen molar-refractivity contribution in [2.24, 2.45) is 0 Å². The Bertz CT molecular complexity index is 708. The van der Waals surface area contributed by atoms with E-state index in [1.54, 1.807) is 6.07 Å². The lowest BCUT2D eigenvalue weighted by molar-refractivity contribution is 0.0950. The van der Waals surface area contributed by atoms with E-state index in [4.69, 9.17) is 4.74 Å². The fraction of sp³-hybridized carbons (Fsp3) is 0.450. The Morgan fingerprint density at radius 2 is 1.85 bits per heavy atom. The summed E-state index contributed by atoms with van der Waals surface area (Å²) in [4.78, 5) is 14.6. The molecule has 0 aliphatic carbocycles. The van der Waals surface area contributed by atoms with Crippen molar-refractivity contribution in [2.75, 3.05) is 26.2 Å². The van der Waals surface area contributed by atoms with Gasteiger partial charge in [0.05, 0.1) is 11.8 Å². The minimum atomic E-state index is -0.0393. The van der Waals surface area contributed by atoms with Crippen LogP contribution in [-0.4, -0.2) is 53.3 Å². The van der Waals surface area contributed by atoms with Gasteiger partial charge in [-0.2, -0.15) is 0 Å². The van der Waals surface area contributed by atoms with Gasteiger partial charge in [-0.1, -0.05) is 12.1 Å². The third kappa shape index (κ3) is 5.02. The second-order valence-corrected chi connectivity index (χ2v) is 6.81. The summed E-state index contributed by atoms with van der Waals surface area (Å²) in [5.74, 6) is 0.472. The van der Waals surface area contributed by atoms with E-state index in [0.29, 0.717) is 18.0 Å². The molecule has 1 aliphatic rings. The molecule has 1 saturated heterocycles. The monoisotopic (exact) mass is 354 g/mol. The maximum Gasteiger partial charge on any atom is 0.251 e. The standard InChI is InChI=1S/C20H26N4O2/c1-15(2)26-19-10-9-18(22-23-19)16-5-7-17(8-6-16)20(25)21-11-14-24-12-3-4-13-24/h5-10,15H,3-4,11-14H2,1-2H3,(H,21,25). The molecule has 1 fully saturated rings. The van der Waals surface area contributed by atoms with Gasteiger partial charge in [-0.05, 0) is 58.0 Å². The first kappa shape index (κ1) is 18.3. The lowest BCUT2D eigenvalue weighted by Crippen LogP contribution is -2.33. The molecule has 6 nitrogen and oxygen atoms in total. The Hall–Kier alpha value is -2.47. The average Bonchev–Trinajstić information content (AvgIpc) is 3.15. The molecule has 0 unspecified atom stereocenters. The highest BCUT2D eigenvalue weighted by Gasteiger charge is 2.12. The molecule has 1 amide bonds. The first-order valence-electron chi connectivity index (χ1n) is 9.23. The largest absolute Gasteiger partial charge is 0.474 e. The molecule has 0 atom stereocenters. The van der Waals surface area contributed by atoms with E-state index in [9.17, 15) is 4.79 Å². The van der Waals surface area contributed by atoms with Gasteiger partial charge in [0.25, 0.3) is 5.91 Å². The average molecular weight is 354 g/mol. The predicted molar refractivity (Wildman–Crippen MR) is 101 cm³/mol. The first-order chi connectivity index (χ1) is 12.6. The Balaban J connectivity index is 1.54. The molecule has 1 N–H and O–H groups in total. The van der Waals surface area contributed by atoms with Gasteiger partial charge in [0, 0.05) is 30.3 Å². The van der Waals surface area contributed by atoms with E-state index >= 15 is 0 Å². The number of carbonyl (C=O) groups is 1. The SMILES string of the molecule is CC(C)Oc1ccc(-c2ccc(C(=O)NCCN3CCCC3)cc2)nn1. The van der Waals surface area contributed by atoms with Crippen molar-refractivity contribution < 1.29 is 9.53 Å². The summed E-state index contributed by atoms with van der Waals surface area (Å²) in [6.07, 6.45) is 2.60. The lowest BCUT2D eigenvalue weighted by Gasteiger charge is -2.14. The van der Waals surface area contributed by atoms with Crippen LogP contribution >= 0.6 is 0 Å². The molecule has 0 bridgehead atoms. The molecule has 1 aromatic heterocycles. The highest BCUT2D eigenvalue weighted by Crippen LogP contribution is 2.19. The number of carbonyl (C=O) groups excluding carboxylic acids is 1. The maximum atomic E-state index is 12.2. The molecule has 26 heavy (non-hydrogen) atoms. The summed E-state index contributed by atoms with van der Waals surface area (Å²) in [6, 6.07) is 11.1. The van der Waals surface area contributed by atoms with Crippen LogP contribution in [0.25, 0.3) is 11.3 Å². The Kier molecular flexibility index (Phi) is 6.17. The zero-order valence-corrected chi connectivity index (χ0v) is 15.4. The van der Waals surface area contributed by atoms with Gasteiger partial charge >= 0.3 is 0 Å². The quantitative estimate of drug-likeness (QED) is 0.828. The summed E-state index contributed by atoms with van der Waals surface area (Å²) >= 11 is 0. The number of likely N-dealkylation sites (tertiary alicyclic amines) is 1. The van der Waals surface area contributed by atoms with Crippen molar-refractivity contribution >= 4 is 5.91 Å². The number of aromatic nitrogens is 2. The van der Waals surface area contributed by atoms with Crippen LogP contribution < -0.4 is 10.1 Å². The van der Waals surface area contributed by atoms with Crippen molar-refractivity contribution in [2.45, 2.75) is 32.8 Å². The molecule has 6 heteroatoms. The molecule has 1 aliphatic heterocycles. The highest BCUT2D eigenvalue weighted by molar-refractivity contribution is 5.94. The van der Waals surface area contributed by atoms with E-state index in [1.165, 1.54) is 12.8 Å². The molecule has 3 rings (SSSR count). The fourth-order valence-electron chi connectivity index (χ4n) is 3.01. The van der Waals surface area contributed by atoms with Crippen molar-refractivity contribution in [1.29, 1.82) is 0 Å². The summed E-state index contributed by atoms with van der Waals surface area (Å²) in [5.41, 5.74) is 2.33. The van der Waals surface area contributed by atoms with E-state index in [0.717, 1.165) is 30.9 Å². The molecule has 0 saturated carbocycles. The normalized spacial score (nSPS) is 14.6. The zero-order valence-electron chi connectivity index (χ0n) is 15.4. The van der Waals surface area contributed by atoms with Crippen LogP contribution in [-0.2, 0) is 0 Å². The Morgan fingerprint density at radius 3 is 2.46 bits per heavy atom. The maximum absolute atomic E-state index is 12.2. The number of benzene rings is 1. The second kappa shape index (κ2) is 8.76. The number of nitrogens with one attached hydrogen (secondary N) is 1. The molecule has 2 heterocycles. The second-order valence-electron chi connectivity index (χ2n) is 6.81. The van der Waals surface area contributed by atoms with Gasteiger partial charge in [0.15, 0.2) is 0 Å². The molecule has 138 valence electrons. The number of nitrogens with zero attached hydrogens (tertiary/aromatic N) is 3. The van der Waals surface area contributed by atoms with Gasteiger partial charge in [0.1, 0.15) is 0 Å². The van der Waals surface area contributed by atoms with E-state index in [-0.39, 0.29) is 12.0 Å². The molecule has 1 aromatic carbocycles. The van der Waals surface area contributed by atoms with Crippen LogP contribution in [0.4, 0.5) is 0 Å². The van der Waals surface area contributed by atoms with Gasteiger partial charge in [-0.15, -0.1) is 10.2 Å². The minimum absolute atomic E-state index is 0.0393. The molecule has 2 aromatic rings. The van der Waals surface area contributed by atoms with E-state index < -0.39 is 0 Å². The summed E-state index contributed by atoms with van der Waals surface area (Å²) in [5, 5.41) is 11.2. The fourth-order valence-corrected chi connectivity index (χ4v) is 3.01. The predicted octanol–water partition coefficient (Wildman–Crippen LogP) is 2.76. The van der Waals surface area contributed by atoms with Crippen LogP contribution in [0.2, 0.25) is 0 Å². The van der Waals surface area contributed by atoms with Crippen LogP contribution in [0.1, 0.15) is 37.0 Å². The van der Waals surface area contributed by atoms with Crippen molar-refractivity contribution in [3.8, 4) is 17.1 Å². The summed E-state index contributed by atoms with van der Waals surface area (Å²) in [7, 11) is 0. The van der Waals surface area contributed by atoms with Crippen molar-refractivity contribution in [3.63, 3.8) is 0 Å². The smallest absolute Gasteiger partial charge is 0.251 e. The molecule has 0 spiro atoms. The minimum Gasteiger partial charge on any atom is -0.474 e. The highest BCUT2D eigenvalue weighted by atomic mass is 16.5. The molecular weight excluding hydrogens is 328 g/mol. The van der Waals surface area contributed by atoms with E-state index in [2.05, 4.69) is 20.4 Å². The number of amides is 1. The molecule has 0 radical (unpaired) electrons. The van der Waals surface area contributed by atoms with E-state index in [1.807, 2.05) is 44.2 Å². The van der Waals surface area contributed by atoms with Crippen LogP contribution in [0.5, 0.6) is 5.88 Å². The zero-order chi connectivity index (χ0) is 18.4. The number of rotatable bonds is 7. The van der Waals surface area contributed by atoms with Crippen LogP contribution in [0.3, 0.4) is 0 Å². The van der Waals surface area contributed by atoms with Gasteiger partial charge in [0.2, 0.25) is 5.88 Å². The van der Waals surface area contributed by atoms with Gasteiger partial charge in [-0.3, -0.25) is 4.79 Å². The van der Waals surface area contributed by atoms with Crippen LogP contribution in [0.15, 0.2) is 36.4 Å². The van der Waals surface area contributed by atoms with Crippen LogP contribution in [0, 0.1) is 0 Å². The number of ether oxygens (including phenoxy) is 1. The first-order valence-corrected chi connectivity index (χ1v) is 9.23. The number of hydrogen-bond donors (Lipinski definition) is 1. The van der Waals surface area contributed by atoms with Crippen molar-refractivity contribution in [3.05, 3.63) is 42.0 Å². The van der Waals surface area contributed by atoms with Gasteiger partial charge < -0.3 is 15.0 Å². The number of hydrogen-bond acceptors (Lipinski definition) is 5. The summed E-state index contributed by atoms with van der Waals surface area (Å²) < 4.78 is 5.50. The Labute approximate surface area is 154 Å². The van der Waals surface area contributed by atoms with Crippen molar-refractivity contribution in [1.82, 2.24) is 20.4 Å². The topological polar surface area (TPSA) is 67.3 Å². The van der Waals surface area contributed by atoms with Gasteiger partial charge in [-0.25, -0.2) is 0 Å². The summed E-state index contributed by atoms with van der Waals surface area (Å²) in [6.45, 7) is 7.79. The third-order valence-corrected chi connectivity index (χ3v) is 4.35. The third-order valence-electron chi connectivity index (χ3n) is 4.35. The Morgan fingerprint density at radius 1 is 1.12 bits per heavy atom.